The highest BCUT2D eigenvalue weighted by Gasteiger charge is 2.19. The molecule has 1 unspecified atom stereocenters. The van der Waals surface area contributed by atoms with Gasteiger partial charge in [-0.05, 0) is 25.5 Å². The lowest BCUT2D eigenvalue weighted by molar-refractivity contribution is 0.322. The lowest BCUT2D eigenvalue weighted by Gasteiger charge is -2.29. The normalized spacial score (nSPS) is 17.6. The van der Waals surface area contributed by atoms with Crippen LogP contribution in [0.25, 0.3) is 0 Å². The lowest BCUT2D eigenvalue weighted by Crippen LogP contribution is -2.38. The molecule has 1 atom stereocenters. The number of rotatable bonds is 2. The van der Waals surface area contributed by atoms with Gasteiger partial charge in [0.15, 0.2) is 0 Å². The van der Waals surface area contributed by atoms with E-state index in [1.165, 1.54) is 5.69 Å². The molecule has 1 aromatic rings. The van der Waals surface area contributed by atoms with Crippen molar-refractivity contribution >= 4 is 5.69 Å². The topological polar surface area (TPSA) is 38.5 Å². The van der Waals surface area contributed by atoms with E-state index in [4.69, 9.17) is 10.5 Å². The highest BCUT2D eigenvalue weighted by Crippen LogP contribution is 2.31. The molecule has 3 nitrogen and oxygen atoms in total. The number of ether oxygens (including phenoxy) is 1. The van der Waals surface area contributed by atoms with Crippen LogP contribution in [0, 0.1) is 0 Å². The van der Waals surface area contributed by atoms with Gasteiger partial charge < -0.3 is 15.4 Å². The van der Waals surface area contributed by atoms with Gasteiger partial charge in [0.25, 0.3) is 0 Å². The van der Waals surface area contributed by atoms with E-state index in [0.717, 1.165) is 25.3 Å². The minimum atomic E-state index is 0.368. The molecular formula is C12H18N2O. The van der Waals surface area contributed by atoms with E-state index in [9.17, 15) is 0 Å². The first-order valence-corrected chi connectivity index (χ1v) is 5.51. The Morgan fingerprint density at radius 3 is 3.07 bits per heavy atom. The van der Waals surface area contributed by atoms with Crippen LogP contribution in [0.4, 0.5) is 5.69 Å². The lowest BCUT2D eigenvalue weighted by atomic mass is 10.2. The van der Waals surface area contributed by atoms with Crippen molar-refractivity contribution in [2.45, 2.75) is 19.4 Å². The second-order valence-corrected chi connectivity index (χ2v) is 3.95. The summed E-state index contributed by atoms with van der Waals surface area (Å²) in [5.41, 5.74) is 6.90. The van der Waals surface area contributed by atoms with Crippen molar-refractivity contribution in [1.82, 2.24) is 0 Å². The largest absolute Gasteiger partial charge is 0.491 e. The van der Waals surface area contributed by atoms with Crippen LogP contribution in [0.15, 0.2) is 24.3 Å². The third-order valence-corrected chi connectivity index (χ3v) is 2.85. The van der Waals surface area contributed by atoms with Crippen LogP contribution < -0.4 is 15.4 Å². The van der Waals surface area contributed by atoms with Crippen molar-refractivity contribution in [3.63, 3.8) is 0 Å². The van der Waals surface area contributed by atoms with Crippen molar-refractivity contribution in [2.24, 2.45) is 5.73 Å². The first-order chi connectivity index (χ1) is 7.33. The van der Waals surface area contributed by atoms with E-state index in [0.29, 0.717) is 12.6 Å². The Bertz CT molecular complexity index is 327. The highest BCUT2D eigenvalue weighted by atomic mass is 16.5. The monoisotopic (exact) mass is 206 g/mol. The summed E-state index contributed by atoms with van der Waals surface area (Å²) in [6.07, 6.45) is 1.05. The SMILES string of the molecule is CC(CN)N1CCCOc2ccccc21. The number of para-hydroxylation sites is 2. The third-order valence-electron chi connectivity index (χ3n) is 2.85. The average molecular weight is 206 g/mol. The third kappa shape index (κ3) is 2.07. The molecule has 0 radical (unpaired) electrons. The number of anilines is 1. The maximum Gasteiger partial charge on any atom is 0.142 e. The summed E-state index contributed by atoms with van der Waals surface area (Å²) in [5, 5.41) is 0. The van der Waals surface area contributed by atoms with Gasteiger partial charge in [-0.3, -0.25) is 0 Å². The van der Waals surface area contributed by atoms with Crippen molar-refractivity contribution < 1.29 is 4.74 Å². The van der Waals surface area contributed by atoms with E-state index < -0.39 is 0 Å². The van der Waals surface area contributed by atoms with E-state index in [1.807, 2.05) is 18.2 Å². The molecule has 0 aromatic heterocycles. The van der Waals surface area contributed by atoms with Crippen LogP contribution in [0.1, 0.15) is 13.3 Å². The molecule has 0 bridgehead atoms. The number of hydrogen-bond donors (Lipinski definition) is 1. The number of benzene rings is 1. The average Bonchev–Trinajstić information content (AvgIpc) is 2.50. The Balaban J connectivity index is 2.32. The van der Waals surface area contributed by atoms with Gasteiger partial charge in [-0.25, -0.2) is 0 Å². The van der Waals surface area contributed by atoms with Gasteiger partial charge in [-0.1, -0.05) is 12.1 Å². The van der Waals surface area contributed by atoms with E-state index in [1.54, 1.807) is 0 Å². The molecule has 2 N–H and O–H groups in total. The van der Waals surface area contributed by atoms with Crippen molar-refractivity contribution in [1.29, 1.82) is 0 Å². The van der Waals surface area contributed by atoms with Gasteiger partial charge in [0.05, 0.1) is 12.3 Å². The first kappa shape index (κ1) is 10.3. The van der Waals surface area contributed by atoms with Crippen LogP contribution in [-0.4, -0.2) is 25.7 Å². The molecule has 0 spiro atoms. The molecule has 2 rings (SSSR count). The van der Waals surface area contributed by atoms with Crippen LogP contribution in [-0.2, 0) is 0 Å². The summed E-state index contributed by atoms with van der Waals surface area (Å²) in [4.78, 5) is 2.34. The summed E-state index contributed by atoms with van der Waals surface area (Å²) < 4.78 is 5.69. The standard InChI is InChI=1S/C12H18N2O/c1-10(9-13)14-7-4-8-15-12-6-3-2-5-11(12)14/h2-3,5-6,10H,4,7-9,13H2,1H3. The zero-order chi connectivity index (χ0) is 10.7. The van der Waals surface area contributed by atoms with E-state index >= 15 is 0 Å². The molecule has 3 heteroatoms. The molecule has 82 valence electrons. The molecule has 0 fully saturated rings. The van der Waals surface area contributed by atoms with Crippen molar-refractivity contribution in [3.8, 4) is 5.75 Å². The van der Waals surface area contributed by atoms with Gasteiger partial charge in [0.2, 0.25) is 0 Å². The molecule has 1 aliphatic rings. The fourth-order valence-electron chi connectivity index (χ4n) is 1.94. The molecule has 0 amide bonds. The minimum absolute atomic E-state index is 0.368. The minimum Gasteiger partial charge on any atom is -0.491 e. The second kappa shape index (κ2) is 4.53. The fraction of sp³-hybridized carbons (Fsp3) is 0.500. The Hall–Kier alpha value is -1.22. The quantitative estimate of drug-likeness (QED) is 0.799. The Labute approximate surface area is 90.8 Å². The van der Waals surface area contributed by atoms with Gasteiger partial charge in [0, 0.05) is 19.1 Å². The maximum absolute atomic E-state index is 5.73. The molecule has 1 heterocycles. The van der Waals surface area contributed by atoms with Crippen LogP contribution in [0.5, 0.6) is 5.75 Å². The molecule has 1 aromatic carbocycles. The molecule has 1 aliphatic heterocycles. The van der Waals surface area contributed by atoms with Gasteiger partial charge in [-0.2, -0.15) is 0 Å². The highest BCUT2D eigenvalue weighted by molar-refractivity contribution is 5.59. The number of nitrogens with two attached hydrogens (primary N) is 1. The zero-order valence-corrected chi connectivity index (χ0v) is 9.15. The van der Waals surface area contributed by atoms with Gasteiger partial charge in [0.1, 0.15) is 5.75 Å². The van der Waals surface area contributed by atoms with Crippen molar-refractivity contribution in [2.75, 3.05) is 24.6 Å². The summed E-state index contributed by atoms with van der Waals surface area (Å²) in [7, 11) is 0. The predicted octanol–water partition coefficient (Wildman–Crippen LogP) is 1.62. The fourth-order valence-corrected chi connectivity index (χ4v) is 1.94. The first-order valence-electron chi connectivity index (χ1n) is 5.51. The molecule has 0 saturated heterocycles. The second-order valence-electron chi connectivity index (χ2n) is 3.95. The molecule has 0 aliphatic carbocycles. The van der Waals surface area contributed by atoms with Crippen LogP contribution in [0.2, 0.25) is 0 Å². The summed E-state index contributed by atoms with van der Waals surface area (Å²) >= 11 is 0. The van der Waals surface area contributed by atoms with E-state index in [2.05, 4.69) is 17.9 Å². The molecular weight excluding hydrogens is 188 g/mol. The van der Waals surface area contributed by atoms with E-state index in [-0.39, 0.29) is 0 Å². The summed E-state index contributed by atoms with van der Waals surface area (Å²) in [6.45, 7) is 4.65. The zero-order valence-electron chi connectivity index (χ0n) is 9.15. The molecule has 0 saturated carbocycles. The Morgan fingerprint density at radius 2 is 2.27 bits per heavy atom. The molecule has 15 heavy (non-hydrogen) atoms. The summed E-state index contributed by atoms with van der Waals surface area (Å²) in [5.74, 6) is 0.982. The number of hydrogen-bond acceptors (Lipinski definition) is 3. The van der Waals surface area contributed by atoms with Gasteiger partial charge in [-0.15, -0.1) is 0 Å². The smallest absolute Gasteiger partial charge is 0.142 e. The number of fused-ring (bicyclic) bond motifs is 1. The van der Waals surface area contributed by atoms with Gasteiger partial charge >= 0.3 is 0 Å². The van der Waals surface area contributed by atoms with Crippen molar-refractivity contribution in [3.05, 3.63) is 24.3 Å². The number of nitrogens with zero attached hydrogens (tertiary/aromatic N) is 1. The summed E-state index contributed by atoms with van der Waals surface area (Å²) in [6, 6.07) is 8.55. The van der Waals surface area contributed by atoms with Crippen LogP contribution in [0.3, 0.4) is 0 Å². The Morgan fingerprint density at radius 1 is 1.47 bits per heavy atom. The van der Waals surface area contributed by atoms with Crippen LogP contribution >= 0.6 is 0 Å². The maximum atomic E-state index is 5.73. The Kier molecular flexibility index (Phi) is 3.11. The predicted molar refractivity (Wildman–Crippen MR) is 62.4 cm³/mol.